The van der Waals surface area contributed by atoms with Crippen LogP contribution in [0, 0.1) is 0 Å². The quantitative estimate of drug-likeness (QED) is 0.865. The van der Waals surface area contributed by atoms with Crippen LogP contribution in [0.5, 0.6) is 0 Å². The average molecular weight is 228 g/mol. The Morgan fingerprint density at radius 3 is 2.88 bits per heavy atom. The van der Waals surface area contributed by atoms with Gasteiger partial charge < -0.3 is 10.3 Å². The molecule has 2 N–H and O–H groups in total. The Morgan fingerprint density at radius 2 is 2.18 bits per heavy atom. The fourth-order valence-electron chi connectivity index (χ4n) is 2.59. The van der Waals surface area contributed by atoms with Gasteiger partial charge in [0.1, 0.15) is 11.6 Å². The molecule has 1 aromatic heterocycles. The van der Waals surface area contributed by atoms with Crippen molar-refractivity contribution >= 4 is 0 Å². The number of fused-ring (bicyclic) bond motifs is 1. The zero-order chi connectivity index (χ0) is 11.8. The van der Waals surface area contributed by atoms with E-state index in [0.29, 0.717) is 12.5 Å². The molecule has 0 fully saturated rings. The van der Waals surface area contributed by atoms with Crippen molar-refractivity contribution in [3.05, 3.63) is 47.0 Å². The van der Waals surface area contributed by atoms with Gasteiger partial charge in [-0.25, -0.2) is 0 Å². The number of benzene rings is 1. The highest BCUT2D eigenvalue weighted by Crippen LogP contribution is 2.39. The molecule has 88 valence electrons. The van der Waals surface area contributed by atoms with E-state index in [1.165, 1.54) is 11.1 Å². The predicted molar refractivity (Wildman–Crippen MR) is 65.6 cm³/mol. The number of nitrogens with two attached hydrogens (primary N) is 1. The first kappa shape index (κ1) is 10.5. The van der Waals surface area contributed by atoms with Crippen molar-refractivity contribution in [1.29, 1.82) is 0 Å². The first-order chi connectivity index (χ1) is 8.35. The molecule has 0 saturated carbocycles. The van der Waals surface area contributed by atoms with Gasteiger partial charge >= 0.3 is 0 Å². The molecule has 1 heterocycles. The van der Waals surface area contributed by atoms with Crippen molar-refractivity contribution < 1.29 is 0 Å². The van der Waals surface area contributed by atoms with Gasteiger partial charge in [0.2, 0.25) is 0 Å². The largest absolute Gasteiger partial charge is 0.324 e. The van der Waals surface area contributed by atoms with Crippen molar-refractivity contribution in [1.82, 2.24) is 14.8 Å². The van der Waals surface area contributed by atoms with E-state index in [4.69, 9.17) is 5.73 Å². The summed E-state index contributed by atoms with van der Waals surface area (Å²) in [6, 6.07) is 8.54. The molecule has 1 aliphatic rings. The van der Waals surface area contributed by atoms with Crippen molar-refractivity contribution in [3.8, 4) is 0 Å². The standard InChI is InChI=1S/C13H16N4/c1-2-17-12(8-14)15-16-13(17)11-7-9-5-3-4-6-10(9)11/h3-6,11H,2,7-8,14H2,1H3. The maximum absolute atomic E-state index is 5.67. The molecule has 0 aliphatic heterocycles. The third kappa shape index (κ3) is 1.48. The molecule has 17 heavy (non-hydrogen) atoms. The minimum Gasteiger partial charge on any atom is -0.324 e. The van der Waals surface area contributed by atoms with Crippen LogP contribution in [-0.2, 0) is 19.5 Å². The van der Waals surface area contributed by atoms with Gasteiger partial charge in [-0.2, -0.15) is 0 Å². The lowest BCUT2D eigenvalue weighted by Crippen LogP contribution is -2.22. The van der Waals surface area contributed by atoms with E-state index in [2.05, 4.69) is 46.0 Å². The van der Waals surface area contributed by atoms with E-state index in [-0.39, 0.29) is 0 Å². The van der Waals surface area contributed by atoms with Crippen LogP contribution in [0.1, 0.15) is 35.6 Å². The number of hydrogen-bond donors (Lipinski definition) is 1. The topological polar surface area (TPSA) is 56.7 Å². The molecule has 0 radical (unpaired) electrons. The number of rotatable bonds is 3. The Bertz CT molecular complexity index is 544. The van der Waals surface area contributed by atoms with Gasteiger partial charge in [0.15, 0.2) is 0 Å². The fraction of sp³-hybridized carbons (Fsp3) is 0.385. The lowest BCUT2D eigenvalue weighted by Gasteiger charge is -2.29. The van der Waals surface area contributed by atoms with Crippen molar-refractivity contribution in [2.45, 2.75) is 32.4 Å². The summed E-state index contributed by atoms with van der Waals surface area (Å²) in [6.45, 7) is 3.44. The van der Waals surface area contributed by atoms with E-state index >= 15 is 0 Å². The van der Waals surface area contributed by atoms with Crippen molar-refractivity contribution in [3.63, 3.8) is 0 Å². The number of aromatic nitrogens is 3. The highest BCUT2D eigenvalue weighted by Gasteiger charge is 2.31. The van der Waals surface area contributed by atoms with Gasteiger partial charge in [0.05, 0.1) is 6.54 Å². The zero-order valence-electron chi connectivity index (χ0n) is 9.93. The van der Waals surface area contributed by atoms with Crippen LogP contribution >= 0.6 is 0 Å². The van der Waals surface area contributed by atoms with Gasteiger partial charge in [0, 0.05) is 12.5 Å². The molecule has 2 aromatic rings. The molecule has 4 nitrogen and oxygen atoms in total. The highest BCUT2D eigenvalue weighted by atomic mass is 15.3. The lowest BCUT2D eigenvalue weighted by molar-refractivity contribution is 0.585. The number of nitrogens with zero attached hydrogens (tertiary/aromatic N) is 3. The summed E-state index contributed by atoms with van der Waals surface area (Å²) in [6.07, 6.45) is 1.07. The second kappa shape index (κ2) is 3.96. The molecular weight excluding hydrogens is 212 g/mol. The Kier molecular flexibility index (Phi) is 2.44. The summed E-state index contributed by atoms with van der Waals surface area (Å²) >= 11 is 0. The summed E-state index contributed by atoms with van der Waals surface area (Å²) in [5.41, 5.74) is 8.49. The van der Waals surface area contributed by atoms with Crippen LogP contribution < -0.4 is 5.73 Å². The van der Waals surface area contributed by atoms with E-state index < -0.39 is 0 Å². The van der Waals surface area contributed by atoms with Crippen LogP contribution in [0.3, 0.4) is 0 Å². The predicted octanol–water partition coefficient (Wildman–Crippen LogP) is 1.44. The zero-order valence-corrected chi connectivity index (χ0v) is 9.93. The first-order valence-electron chi connectivity index (χ1n) is 6.05. The molecule has 1 aliphatic carbocycles. The van der Waals surface area contributed by atoms with Crippen LogP contribution in [0.15, 0.2) is 24.3 Å². The molecule has 0 saturated heterocycles. The minimum absolute atomic E-state index is 0.402. The fourth-order valence-corrected chi connectivity index (χ4v) is 2.59. The third-order valence-electron chi connectivity index (χ3n) is 3.52. The van der Waals surface area contributed by atoms with Crippen LogP contribution in [0.2, 0.25) is 0 Å². The van der Waals surface area contributed by atoms with Crippen molar-refractivity contribution in [2.75, 3.05) is 0 Å². The van der Waals surface area contributed by atoms with Crippen molar-refractivity contribution in [2.24, 2.45) is 5.73 Å². The highest BCUT2D eigenvalue weighted by molar-refractivity contribution is 5.44. The second-order valence-electron chi connectivity index (χ2n) is 4.38. The molecule has 3 rings (SSSR count). The van der Waals surface area contributed by atoms with E-state index in [9.17, 15) is 0 Å². The SMILES string of the molecule is CCn1c(CN)nnc1C1Cc2ccccc21. The first-order valence-corrected chi connectivity index (χ1v) is 6.05. The smallest absolute Gasteiger partial charge is 0.146 e. The van der Waals surface area contributed by atoms with Gasteiger partial charge in [-0.05, 0) is 24.5 Å². The Hall–Kier alpha value is -1.68. The average Bonchev–Trinajstić information content (AvgIpc) is 2.73. The minimum atomic E-state index is 0.402. The van der Waals surface area contributed by atoms with Crippen LogP contribution in [-0.4, -0.2) is 14.8 Å². The van der Waals surface area contributed by atoms with Gasteiger partial charge in [0.25, 0.3) is 0 Å². The maximum Gasteiger partial charge on any atom is 0.146 e. The van der Waals surface area contributed by atoms with E-state index in [1.54, 1.807) is 0 Å². The van der Waals surface area contributed by atoms with E-state index in [0.717, 1.165) is 24.6 Å². The molecule has 1 unspecified atom stereocenters. The summed E-state index contributed by atoms with van der Waals surface area (Å²) in [4.78, 5) is 0. The Morgan fingerprint density at radius 1 is 1.35 bits per heavy atom. The molecule has 0 spiro atoms. The Labute approximate surface area is 100 Å². The summed E-state index contributed by atoms with van der Waals surface area (Å²) in [5.74, 6) is 2.34. The third-order valence-corrected chi connectivity index (χ3v) is 3.52. The molecule has 4 heteroatoms. The summed E-state index contributed by atoms with van der Waals surface area (Å²) < 4.78 is 2.14. The van der Waals surface area contributed by atoms with E-state index in [1.807, 2.05) is 0 Å². The van der Waals surface area contributed by atoms with Gasteiger partial charge in [-0.3, -0.25) is 0 Å². The van der Waals surface area contributed by atoms with Crippen LogP contribution in [0.25, 0.3) is 0 Å². The summed E-state index contributed by atoms with van der Waals surface area (Å²) in [5, 5.41) is 8.48. The lowest BCUT2D eigenvalue weighted by atomic mass is 9.77. The Balaban J connectivity index is 2.00. The van der Waals surface area contributed by atoms with Crippen LogP contribution in [0.4, 0.5) is 0 Å². The molecular formula is C13H16N4. The van der Waals surface area contributed by atoms with Gasteiger partial charge in [-0.15, -0.1) is 10.2 Å². The molecule has 0 bridgehead atoms. The molecule has 1 atom stereocenters. The second-order valence-corrected chi connectivity index (χ2v) is 4.38. The maximum atomic E-state index is 5.67. The normalized spacial score (nSPS) is 17.6. The summed E-state index contributed by atoms with van der Waals surface area (Å²) in [7, 11) is 0. The monoisotopic (exact) mass is 228 g/mol. The molecule has 0 amide bonds. The molecule has 1 aromatic carbocycles. The number of hydrogen-bond acceptors (Lipinski definition) is 3. The van der Waals surface area contributed by atoms with Gasteiger partial charge in [-0.1, -0.05) is 24.3 Å².